The Bertz CT molecular complexity index is 397. The van der Waals surface area contributed by atoms with Gasteiger partial charge in [-0.05, 0) is 37.0 Å². The minimum atomic E-state index is -0.241. The number of piperidine rings is 1. The van der Waals surface area contributed by atoms with Gasteiger partial charge in [-0.2, -0.15) is 0 Å². The molecule has 0 aromatic heterocycles. The summed E-state index contributed by atoms with van der Waals surface area (Å²) in [6.45, 7) is 1.53. The third kappa shape index (κ3) is 3.53. The molecule has 18 heavy (non-hydrogen) atoms. The van der Waals surface area contributed by atoms with E-state index in [1.165, 1.54) is 12.1 Å². The lowest BCUT2D eigenvalue weighted by atomic mass is 10.0. The maximum Gasteiger partial charge on any atom is 0.222 e. The van der Waals surface area contributed by atoms with E-state index in [4.69, 9.17) is 5.73 Å². The van der Waals surface area contributed by atoms with Gasteiger partial charge in [0.25, 0.3) is 0 Å². The lowest BCUT2D eigenvalue weighted by Gasteiger charge is -2.30. The van der Waals surface area contributed by atoms with Crippen LogP contribution in [0.5, 0.6) is 0 Å². The molecule has 1 aromatic carbocycles. The highest BCUT2D eigenvalue weighted by molar-refractivity contribution is 5.76. The maximum absolute atomic E-state index is 12.7. The number of nitrogens with zero attached hydrogens (tertiary/aromatic N) is 1. The van der Waals surface area contributed by atoms with Crippen LogP contribution in [0.25, 0.3) is 0 Å². The van der Waals surface area contributed by atoms with Crippen molar-refractivity contribution < 1.29 is 9.18 Å². The van der Waals surface area contributed by atoms with E-state index in [-0.39, 0.29) is 17.8 Å². The minimum Gasteiger partial charge on any atom is -0.343 e. The van der Waals surface area contributed by atoms with E-state index in [0.717, 1.165) is 31.5 Å². The normalized spacial score (nSPS) is 16.9. The van der Waals surface area contributed by atoms with Crippen LogP contribution in [0.2, 0.25) is 0 Å². The minimum absolute atomic E-state index is 0.172. The molecule has 2 N–H and O–H groups in total. The van der Waals surface area contributed by atoms with Gasteiger partial charge < -0.3 is 10.6 Å². The fourth-order valence-electron chi connectivity index (χ4n) is 2.21. The zero-order chi connectivity index (χ0) is 13.0. The number of likely N-dealkylation sites (tertiary alicyclic amines) is 1. The van der Waals surface area contributed by atoms with Crippen molar-refractivity contribution in [3.8, 4) is 0 Å². The zero-order valence-electron chi connectivity index (χ0n) is 10.4. The second-order valence-electron chi connectivity index (χ2n) is 4.84. The molecule has 0 bridgehead atoms. The first kappa shape index (κ1) is 13.0. The molecule has 0 atom stereocenters. The Morgan fingerprint density at radius 1 is 1.28 bits per heavy atom. The van der Waals surface area contributed by atoms with Crippen LogP contribution in [0.3, 0.4) is 0 Å². The Kier molecular flexibility index (Phi) is 4.31. The van der Waals surface area contributed by atoms with Gasteiger partial charge in [-0.15, -0.1) is 0 Å². The maximum atomic E-state index is 12.7. The summed E-state index contributed by atoms with van der Waals surface area (Å²) in [5.74, 6) is -0.0682. The zero-order valence-corrected chi connectivity index (χ0v) is 10.4. The van der Waals surface area contributed by atoms with Gasteiger partial charge in [0.1, 0.15) is 5.82 Å². The van der Waals surface area contributed by atoms with E-state index < -0.39 is 0 Å². The lowest BCUT2D eigenvalue weighted by Crippen LogP contribution is -2.42. The van der Waals surface area contributed by atoms with E-state index in [9.17, 15) is 9.18 Å². The Labute approximate surface area is 107 Å². The Morgan fingerprint density at radius 2 is 1.89 bits per heavy atom. The molecule has 3 nitrogen and oxygen atoms in total. The van der Waals surface area contributed by atoms with E-state index in [1.54, 1.807) is 12.1 Å². The smallest absolute Gasteiger partial charge is 0.222 e. The van der Waals surface area contributed by atoms with Gasteiger partial charge in [0.05, 0.1) is 0 Å². The van der Waals surface area contributed by atoms with Crippen molar-refractivity contribution in [3.63, 3.8) is 0 Å². The van der Waals surface area contributed by atoms with Gasteiger partial charge in [0.15, 0.2) is 0 Å². The van der Waals surface area contributed by atoms with Crippen LogP contribution in [0, 0.1) is 5.82 Å². The highest BCUT2D eigenvalue weighted by atomic mass is 19.1. The summed E-state index contributed by atoms with van der Waals surface area (Å²) in [4.78, 5) is 13.8. The average molecular weight is 250 g/mol. The van der Waals surface area contributed by atoms with E-state index in [1.807, 2.05) is 4.90 Å². The summed E-state index contributed by atoms with van der Waals surface area (Å²) in [6, 6.07) is 6.56. The fourth-order valence-corrected chi connectivity index (χ4v) is 2.21. The SMILES string of the molecule is NC1CCN(C(=O)CCc2ccc(F)cc2)CC1. The van der Waals surface area contributed by atoms with Crippen LogP contribution in [0.15, 0.2) is 24.3 Å². The molecule has 1 amide bonds. The second-order valence-corrected chi connectivity index (χ2v) is 4.84. The number of hydrogen-bond donors (Lipinski definition) is 1. The van der Waals surface area contributed by atoms with Crippen molar-refractivity contribution >= 4 is 5.91 Å². The molecular weight excluding hydrogens is 231 g/mol. The van der Waals surface area contributed by atoms with Crippen molar-refractivity contribution in [1.82, 2.24) is 4.90 Å². The number of halogens is 1. The highest BCUT2D eigenvalue weighted by Crippen LogP contribution is 2.11. The van der Waals surface area contributed by atoms with Crippen molar-refractivity contribution in [1.29, 1.82) is 0 Å². The molecule has 2 rings (SSSR count). The standard InChI is InChI=1S/C14H19FN2O/c15-12-4-1-11(2-5-12)3-6-14(18)17-9-7-13(16)8-10-17/h1-2,4-5,13H,3,6-10,16H2. The van der Waals surface area contributed by atoms with Gasteiger partial charge in [-0.3, -0.25) is 4.79 Å². The molecule has 1 aliphatic rings. The predicted molar refractivity (Wildman–Crippen MR) is 68.5 cm³/mol. The molecule has 1 heterocycles. The van der Waals surface area contributed by atoms with Crippen molar-refractivity contribution in [2.75, 3.05) is 13.1 Å². The third-order valence-corrected chi connectivity index (χ3v) is 3.43. The number of hydrogen-bond acceptors (Lipinski definition) is 2. The highest BCUT2D eigenvalue weighted by Gasteiger charge is 2.19. The number of rotatable bonds is 3. The van der Waals surface area contributed by atoms with Crippen LogP contribution >= 0.6 is 0 Å². The number of carbonyl (C=O) groups excluding carboxylic acids is 1. The monoisotopic (exact) mass is 250 g/mol. The number of carbonyl (C=O) groups is 1. The molecule has 0 spiro atoms. The number of benzene rings is 1. The van der Waals surface area contributed by atoms with E-state index >= 15 is 0 Å². The Hall–Kier alpha value is -1.42. The molecule has 98 valence electrons. The van der Waals surface area contributed by atoms with Crippen LogP contribution in [-0.2, 0) is 11.2 Å². The van der Waals surface area contributed by atoms with Gasteiger partial charge >= 0.3 is 0 Å². The molecule has 0 radical (unpaired) electrons. The van der Waals surface area contributed by atoms with E-state index in [0.29, 0.717) is 12.8 Å². The quantitative estimate of drug-likeness (QED) is 0.887. The summed E-state index contributed by atoms with van der Waals surface area (Å²) in [6.07, 6.45) is 2.94. The summed E-state index contributed by atoms with van der Waals surface area (Å²) < 4.78 is 12.7. The first-order valence-corrected chi connectivity index (χ1v) is 6.43. The number of aryl methyl sites for hydroxylation is 1. The first-order valence-electron chi connectivity index (χ1n) is 6.43. The molecule has 1 aromatic rings. The topological polar surface area (TPSA) is 46.3 Å². The van der Waals surface area contributed by atoms with Crippen LogP contribution < -0.4 is 5.73 Å². The van der Waals surface area contributed by atoms with Crippen LogP contribution in [0.1, 0.15) is 24.8 Å². The van der Waals surface area contributed by atoms with Gasteiger partial charge in [-0.1, -0.05) is 12.1 Å². The van der Waals surface area contributed by atoms with Crippen LogP contribution in [0.4, 0.5) is 4.39 Å². The Morgan fingerprint density at radius 3 is 2.50 bits per heavy atom. The van der Waals surface area contributed by atoms with E-state index in [2.05, 4.69) is 0 Å². The lowest BCUT2D eigenvalue weighted by molar-refractivity contribution is -0.132. The molecular formula is C14H19FN2O. The van der Waals surface area contributed by atoms with Gasteiger partial charge in [0.2, 0.25) is 5.91 Å². The third-order valence-electron chi connectivity index (χ3n) is 3.43. The number of amides is 1. The summed E-state index contributed by atoms with van der Waals surface area (Å²) >= 11 is 0. The average Bonchev–Trinajstić information content (AvgIpc) is 2.38. The molecule has 4 heteroatoms. The number of nitrogens with two attached hydrogens (primary N) is 1. The summed E-state index contributed by atoms with van der Waals surface area (Å²) in [7, 11) is 0. The molecule has 0 aliphatic carbocycles. The van der Waals surface area contributed by atoms with Crippen molar-refractivity contribution in [3.05, 3.63) is 35.6 Å². The van der Waals surface area contributed by atoms with Gasteiger partial charge in [-0.25, -0.2) is 4.39 Å². The Balaban J connectivity index is 1.79. The van der Waals surface area contributed by atoms with Gasteiger partial charge in [0, 0.05) is 25.6 Å². The van der Waals surface area contributed by atoms with Crippen molar-refractivity contribution in [2.24, 2.45) is 5.73 Å². The first-order chi connectivity index (χ1) is 8.65. The molecule has 0 unspecified atom stereocenters. The summed E-state index contributed by atoms with van der Waals surface area (Å²) in [5, 5.41) is 0. The molecule has 0 saturated carbocycles. The molecule has 1 aliphatic heterocycles. The fraction of sp³-hybridized carbons (Fsp3) is 0.500. The predicted octanol–water partition coefficient (Wildman–Crippen LogP) is 1.71. The largest absolute Gasteiger partial charge is 0.343 e. The molecule has 1 saturated heterocycles. The molecule has 1 fully saturated rings. The van der Waals surface area contributed by atoms with Crippen LogP contribution in [-0.4, -0.2) is 29.9 Å². The summed E-state index contributed by atoms with van der Waals surface area (Å²) in [5.41, 5.74) is 6.80. The second kappa shape index (κ2) is 5.96. The van der Waals surface area contributed by atoms with Crippen molar-refractivity contribution in [2.45, 2.75) is 31.7 Å².